The fraction of sp³-hybridized carbons (Fsp3) is 0.538. The summed E-state index contributed by atoms with van der Waals surface area (Å²) < 4.78 is 40.7. The lowest BCUT2D eigenvalue weighted by Crippen LogP contribution is -2.34. The fourth-order valence-electron chi connectivity index (χ4n) is 2.07. The van der Waals surface area contributed by atoms with Gasteiger partial charge in [-0.05, 0) is 50.4 Å². The molecule has 2 rings (SSSR count). The number of sulfonamides is 1. The topological polar surface area (TPSA) is 58.2 Å². The highest BCUT2D eigenvalue weighted by atomic mass is 32.2. The van der Waals surface area contributed by atoms with Gasteiger partial charge in [-0.1, -0.05) is 6.07 Å². The van der Waals surface area contributed by atoms with Crippen LogP contribution in [0.3, 0.4) is 0 Å². The van der Waals surface area contributed by atoms with Gasteiger partial charge in [-0.15, -0.1) is 0 Å². The molecule has 1 aromatic rings. The largest absolute Gasteiger partial charge is 0.316 e. The Morgan fingerprint density at radius 2 is 2.11 bits per heavy atom. The van der Waals surface area contributed by atoms with Crippen LogP contribution in [-0.4, -0.2) is 21.5 Å². The monoisotopic (exact) mass is 286 g/mol. The molecule has 1 unspecified atom stereocenters. The Balaban J connectivity index is 2.25. The summed E-state index contributed by atoms with van der Waals surface area (Å²) in [6, 6.07) is 4.02. The minimum absolute atomic E-state index is 0.141. The highest BCUT2D eigenvalue weighted by Crippen LogP contribution is 2.33. The molecular formula is C13H19FN2O2S. The van der Waals surface area contributed by atoms with Crippen molar-refractivity contribution < 1.29 is 12.8 Å². The van der Waals surface area contributed by atoms with Crippen LogP contribution >= 0.6 is 0 Å². The Kier molecular flexibility index (Phi) is 4.23. The van der Waals surface area contributed by atoms with E-state index in [9.17, 15) is 12.8 Å². The highest BCUT2D eigenvalue weighted by Gasteiger charge is 2.32. The van der Waals surface area contributed by atoms with Gasteiger partial charge in [-0.3, -0.25) is 0 Å². The molecule has 0 spiro atoms. The van der Waals surface area contributed by atoms with Crippen molar-refractivity contribution in [1.29, 1.82) is 0 Å². The zero-order chi connectivity index (χ0) is 14.0. The summed E-state index contributed by atoms with van der Waals surface area (Å²) in [5, 5.41) is 2.91. The first kappa shape index (κ1) is 14.4. The standard InChI is InChI=1S/C13H19FN2O2S/c1-9(11-4-5-11)16-19(17,18)13-7-10(8-15-2)3-6-12(13)14/h3,6-7,9,11,15-16H,4-5,8H2,1-2H3. The molecule has 2 N–H and O–H groups in total. The summed E-state index contributed by atoms with van der Waals surface area (Å²) in [5.74, 6) is -0.325. The van der Waals surface area contributed by atoms with Gasteiger partial charge in [0.25, 0.3) is 0 Å². The van der Waals surface area contributed by atoms with E-state index < -0.39 is 15.8 Å². The Hall–Kier alpha value is -0.980. The number of benzene rings is 1. The number of halogens is 1. The molecule has 0 heterocycles. The van der Waals surface area contributed by atoms with Gasteiger partial charge in [-0.25, -0.2) is 17.5 Å². The minimum atomic E-state index is -3.79. The average Bonchev–Trinajstić information content (AvgIpc) is 3.15. The van der Waals surface area contributed by atoms with Gasteiger partial charge in [0.2, 0.25) is 10.0 Å². The van der Waals surface area contributed by atoms with E-state index in [1.165, 1.54) is 12.1 Å². The Bertz CT molecular complexity index is 556. The molecule has 0 aliphatic heterocycles. The Morgan fingerprint density at radius 1 is 1.42 bits per heavy atom. The van der Waals surface area contributed by atoms with Crippen molar-refractivity contribution in [2.45, 2.75) is 37.2 Å². The van der Waals surface area contributed by atoms with E-state index in [1.807, 2.05) is 6.92 Å². The summed E-state index contributed by atoms with van der Waals surface area (Å²) in [4.78, 5) is -0.271. The van der Waals surface area contributed by atoms with Crippen molar-refractivity contribution in [1.82, 2.24) is 10.0 Å². The van der Waals surface area contributed by atoms with Crippen molar-refractivity contribution in [2.75, 3.05) is 7.05 Å². The highest BCUT2D eigenvalue weighted by molar-refractivity contribution is 7.89. The van der Waals surface area contributed by atoms with E-state index in [2.05, 4.69) is 10.0 Å². The third-order valence-corrected chi connectivity index (χ3v) is 4.91. The zero-order valence-corrected chi connectivity index (χ0v) is 11.9. The van der Waals surface area contributed by atoms with Gasteiger partial charge in [0, 0.05) is 12.6 Å². The molecule has 106 valence electrons. The Morgan fingerprint density at radius 3 is 2.68 bits per heavy atom. The van der Waals surface area contributed by atoms with Crippen molar-refractivity contribution in [3.05, 3.63) is 29.6 Å². The fourth-order valence-corrected chi connectivity index (χ4v) is 3.51. The van der Waals surface area contributed by atoms with E-state index in [0.29, 0.717) is 12.5 Å². The normalized spacial score (nSPS) is 17.4. The SMILES string of the molecule is CNCc1ccc(F)c(S(=O)(=O)NC(C)C2CC2)c1. The van der Waals surface area contributed by atoms with Crippen LogP contribution in [0.25, 0.3) is 0 Å². The first-order chi connectivity index (χ1) is 8.94. The maximum atomic E-state index is 13.7. The molecule has 1 fully saturated rings. The molecule has 19 heavy (non-hydrogen) atoms. The second-order valence-electron chi connectivity index (χ2n) is 5.04. The van der Waals surface area contributed by atoms with Crippen LogP contribution in [-0.2, 0) is 16.6 Å². The van der Waals surface area contributed by atoms with Crippen molar-refractivity contribution in [2.24, 2.45) is 5.92 Å². The van der Waals surface area contributed by atoms with Gasteiger partial charge in [-0.2, -0.15) is 0 Å². The molecule has 1 atom stereocenters. The van der Waals surface area contributed by atoms with Crippen molar-refractivity contribution in [3.8, 4) is 0 Å². The van der Waals surface area contributed by atoms with Gasteiger partial charge < -0.3 is 5.32 Å². The second-order valence-corrected chi connectivity index (χ2v) is 6.72. The van der Waals surface area contributed by atoms with Gasteiger partial charge in [0.05, 0.1) is 0 Å². The predicted octanol–water partition coefficient (Wildman–Crippen LogP) is 1.62. The lowest BCUT2D eigenvalue weighted by Gasteiger charge is -2.14. The van der Waals surface area contributed by atoms with Crippen LogP contribution in [0.5, 0.6) is 0 Å². The summed E-state index contributed by atoms with van der Waals surface area (Å²) in [5.41, 5.74) is 0.739. The molecule has 0 saturated heterocycles. The van der Waals surface area contributed by atoms with Gasteiger partial charge >= 0.3 is 0 Å². The third-order valence-electron chi connectivity index (χ3n) is 3.34. The molecule has 1 aromatic carbocycles. The molecule has 0 bridgehead atoms. The van der Waals surface area contributed by atoms with Crippen molar-refractivity contribution >= 4 is 10.0 Å². The molecule has 1 aliphatic carbocycles. The third kappa shape index (κ3) is 3.52. The maximum Gasteiger partial charge on any atom is 0.243 e. The quantitative estimate of drug-likeness (QED) is 0.835. The molecule has 4 nitrogen and oxygen atoms in total. The molecule has 1 aliphatic rings. The van der Waals surface area contributed by atoms with Crippen LogP contribution < -0.4 is 10.0 Å². The van der Waals surface area contributed by atoms with Crippen LogP contribution in [0.1, 0.15) is 25.3 Å². The van der Waals surface area contributed by atoms with E-state index in [4.69, 9.17) is 0 Å². The molecule has 0 amide bonds. The minimum Gasteiger partial charge on any atom is -0.316 e. The number of rotatable bonds is 6. The molecular weight excluding hydrogens is 267 g/mol. The van der Waals surface area contributed by atoms with Crippen LogP contribution in [0.2, 0.25) is 0 Å². The lowest BCUT2D eigenvalue weighted by molar-refractivity contribution is 0.526. The average molecular weight is 286 g/mol. The maximum absolute atomic E-state index is 13.7. The van der Waals surface area contributed by atoms with Crippen molar-refractivity contribution in [3.63, 3.8) is 0 Å². The molecule has 1 saturated carbocycles. The van der Waals surface area contributed by atoms with E-state index >= 15 is 0 Å². The van der Waals surface area contributed by atoms with Gasteiger partial charge in [0.1, 0.15) is 10.7 Å². The molecule has 6 heteroatoms. The first-order valence-electron chi connectivity index (χ1n) is 6.39. The lowest BCUT2D eigenvalue weighted by atomic mass is 10.2. The Labute approximate surface area is 113 Å². The van der Waals surface area contributed by atoms with Crippen LogP contribution in [0.4, 0.5) is 4.39 Å². The molecule has 0 radical (unpaired) electrons. The summed E-state index contributed by atoms with van der Waals surface area (Å²) >= 11 is 0. The summed E-state index contributed by atoms with van der Waals surface area (Å²) in [7, 11) is -2.03. The van der Waals surface area contributed by atoms with Crippen LogP contribution in [0.15, 0.2) is 23.1 Å². The molecule has 0 aromatic heterocycles. The first-order valence-corrected chi connectivity index (χ1v) is 7.87. The smallest absolute Gasteiger partial charge is 0.243 e. The van der Waals surface area contributed by atoms with E-state index in [1.54, 1.807) is 13.1 Å². The number of nitrogens with one attached hydrogen (secondary N) is 2. The summed E-state index contributed by atoms with van der Waals surface area (Å²) in [6.45, 7) is 2.32. The zero-order valence-electron chi connectivity index (χ0n) is 11.1. The number of hydrogen-bond acceptors (Lipinski definition) is 3. The van der Waals surface area contributed by atoms with E-state index in [-0.39, 0.29) is 10.9 Å². The van der Waals surface area contributed by atoms with Crippen LogP contribution in [0, 0.1) is 11.7 Å². The van der Waals surface area contributed by atoms with E-state index in [0.717, 1.165) is 18.4 Å². The summed E-state index contributed by atoms with van der Waals surface area (Å²) in [6.07, 6.45) is 2.07. The van der Waals surface area contributed by atoms with Gasteiger partial charge in [0.15, 0.2) is 0 Å². The predicted molar refractivity (Wildman–Crippen MR) is 71.7 cm³/mol. The number of hydrogen-bond donors (Lipinski definition) is 2. The second kappa shape index (κ2) is 5.56.